The lowest BCUT2D eigenvalue weighted by Crippen LogP contribution is -2.16. The van der Waals surface area contributed by atoms with Crippen molar-refractivity contribution in [3.63, 3.8) is 0 Å². The van der Waals surface area contributed by atoms with Gasteiger partial charge in [0.1, 0.15) is 0 Å². The molecule has 1 heterocycles. The van der Waals surface area contributed by atoms with Crippen LogP contribution in [0.3, 0.4) is 0 Å². The van der Waals surface area contributed by atoms with E-state index in [1.54, 1.807) is 0 Å². The van der Waals surface area contributed by atoms with Crippen LogP contribution in [0.2, 0.25) is 0 Å². The van der Waals surface area contributed by atoms with E-state index >= 15 is 0 Å². The van der Waals surface area contributed by atoms with Crippen LogP contribution in [-0.4, -0.2) is 11.5 Å². The minimum absolute atomic E-state index is 0.0445. The van der Waals surface area contributed by atoms with Gasteiger partial charge in [-0.1, -0.05) is 32.6 Å². The van der Waals surface area contributed by atoms with Gasteiger partial charge in [0.2, 0.25) is 0 Å². The SMILES string of the molecule is CC1CCC(CCNc2nc(N)c(F)cc2F)CC1. The summed E-state index contributed by atoms with van der Waals surface area (Å²) in [6.07, 6.45) is 6.03. The molecule has 0 bridgehead atoms. The second-order valence-electron chi connectivity index (χ2n) is 5.53. The Bertz CT molecular complexity index is 429. The molecule has 0 amide bonds. The van der Waals surface area contributed by atoms with Crippen LogP contribution >= 0.6 is 0 Å². The van der Waals surface area contributed by atoms with Crippen LogP contribution in [0, 0.1) is 23.5 Å². The van der Waals surface area contributed by atoms with Gasteiger partial charge in [-0.3, -0.25) is 0 Å². The molecule has 0 spiro atoms. The Balaban J connectivity index is 1.81. The lowest BCUT2D eigenvalue weighted by atomic mass is 9.81. The van der Waals surface area contributed by atoms with Crippen LogP contribution in [0.25, 0.3) is 0 Å². The summed E-state index contributed by atoms with van der Waals surface area (Å²) in [5.74, 6) is -0.198. The summed E-state index contributed by atoms with van der Waals surface area (Å²) in [6.45, 7) is 2.93. The summed E-state index contributed by atoms with van der Waals surface area (Å²) >= 11 is 0. The molecule has 5 heteroatoms. The minimum atomic E-state index is -0.815. The molecular formula is C14H21F2N3. The third kappa shape index (κ3) is 3.78. The number of nitrogens with one attached hydrogen (secondary N) is 1. The zero-order chi connectivity index (χ0) is 13.8. The molecule has 0 aromatic carbocycles. The number of nitrogen functional groups attached to an aromatic ring is 1. The zero-order valence-electron chi connectivity index (χ0n) is 11.3. The second kappa shape index (κ2) is 6.17. The standard InChI is InChI=1S/C14H21F2N3/c1-9-2-4-10(5-3-9)6-7-18-14-12(16)8-11(15)13(17)19-14/h8-10H,2-7H2,1H3,(H3,17,18,19). The van der Waals surface area contributed by atoms with Gasteiger partial charge >= 0.3 is 0 Å². The third-order valence-electron chi connectivity index (χ3n) is 3.94. The number of anilines is 2. The van der Waals surface area contributed by atoms with E-state index in [4.69, 9.17) is 5.73 Å². The van der Waals surface area contributed by atoms with Crippen molar-refractivity contribution in [3.05, 3.63) is 17.7 Å². The fourth-order valence-electron chi connectivity index (χ4n) is 2.62. The Hall–Kier alpha value is -1.39. The first-order valence-corrected chi connectivity index (χ1v) is 6.91. The summed E-state index contributed by atoms with van der Waals surface area (Å²) in [4.78, 5) is 3.68. The third-order valence-corrected chi connectivity index (χ3v) is 3.94. The van der Waals surface area contributed by atoms with E-state index in [1.807, 2.05) is 0 Å². The fourth-order valence-corrected chi connectivity index (χ4v) is 2.62. The molecule has 0 radical (unpaired) electrons. The molecule has 0 aliphatic heterocycles. The van der Waals surface area contributed by atoms with Gasteiger partial charge in [-0.05, 0) is 18.3 Å². The number of nitrogens with zero attached hydrogens (tertiary/aromatic N) is 1. The van der Waals surface area contributed by atoms with Gasteiger partial charge in [0.15, 0.2) is 23.3 Å². The molecule has 2 rings (SSSR count). The Morgan fingerprint density at radius 2 is 1.95 bits per heavy atom. The second-order valence-corrected chi connectivity index (χ2v) is 5.53. The maximum atomic E-state index is 13.4. The summed E-state index contributed by atoms with van der Waals surface area (Å²) in [6, 6.07) is 0.771. The van der Waals surface area contributed by atoms with Crippen molar-refractivity contribution in [2.45, 2.75) is 39.0 Å². The van der Waals surface area contributed by atoms with E-state index in [0.29, 0.717) is 12.5 Å². The van der Waals surface area contributed by atoms with Gasteiger partial charge in [-0.25, -0.2) is 13.8 Å². The smallest absolute Gasteiger partial charge is 0.168 e. The highest BCUT2D eigenvalue weighted by molar-refractivity contribution is 5.44. The first-order valence-electron chi connectivity index (χ1n) is 6.91. The molecule has 1 fully saturated rings. The predicted octanol–water partition coefficient (Wildman–Crippen LogP) is 3.57. The minimum Gasteiger partial charge on any atom is -0.381 e. The molecule has 3 nitrogen and oxygen atoms in total. The van der Waals surface area contributed by atoms with Gasteiger partial charge < -0.3 is 11.1 Å². The number of halogens is 2. The quantitative estimate of drug-likeness (QED) is 0.878. The van der Waals surface area contributed by atoms with E-state index in [0.717, 1.165) is 18.4 Å². The van der Waals surface area contributed by atoms with Crippen molar-refractivity contribution in [1.82, 2.24) is 4.98 Å². The van der Waals surface area contributed by atoms with Crippen molar-refractivity contribution in [3.8, 4) is 0 Å². The van der Waals surface area contributed by atoms with Crippen LogP contribution in [-0.2, 0) is 0 Å². The Morgan fingerprint density at radius 3 is 2.63 bits per heavy atom. The largest absolute Gasteiger partial charge is 0.381 e. The van der Waals surface area contributed by atoms with Crippen LogP contribution in [0.5, 0.6) is 0 Å². The number of nitrogens with two attached hydrogens (primary N) is 1. The molecule has 3 N–H and O–H groups in total. The number of hydrogen-bond donors (Lipinski definition) is 2. The Labute approximate surface area is 112 Å². The maximum Gasteiger partial charge on any atom is 0.168 e. The first-order chi connectivity index (χ1) is 9.06. The predicted molar refractivity (Wildman–Crippen MR) is 72.8 cm³/mol. The molecule has 0 unspecified atom stereocenters. The Morgan fingerprint density at radius 1 is 1.26 bits per heavy atom. The van der Waals surface area contributed by atoms with Crippen molar-refractivity contribution < 1.29 is 8.78 Å². The molecule has 0 saturated heterocycles. The molecule has 1 aliphatic carbocycles. The zero-order valence-corrected chi connectivity index (χ0v) is 11.3. The van der Waals surface area contributed by atoms with Crippen molar-refractivity contribution >= 4 is 11.6 Å². The van der Waals surface area contributed by atoms with E-state index in [-0.39, 0.29) is 11.6 Å². The lowest BCUT2D eigenvalue weighted by Gasteiger charge is -2.26. The average molecular weight is 269 g/mol. The van der Waals surface area contributed by atoms with Crippen LogP contribution in [0.1, 0.15) is 39.0 Å². The van der Waals surface area contributed by atoms with E-state index in [2.05, 4.69) is 17.2 Å². The summed E-state index contributed by atoms with van der Waals surface area (Å²) < 4.78 is 26.4. The fraction of sp³-hybridized carbons (Fsp3) is 0.643. The highest BCUT2D eigenvalue weighted by atomic mass is 19.1. The van der Waals surface area contributed by atoms with Gasteiger partial charge in [0, 0.05) is 12.6 Å². The average Bonchev–Trinajstić information content (AvgIpc) is 2.38. The van der Waals surface area contributed by atoms with Gasteiger partial charge in [-0.15, -0.1) is 0 Å². The number of pyridine rings is 1. The van der Waals surface area contributed by atoms with Gasteiger partial charge in [0.25, 0.3) is 0 Å². The topological polar surface area (TPSA) is 50.9 Å². The highest BCUT2D eigenvalue weighted by Crippen LogP contribution is 2.30. The molecule has 19 heavy (non-hydrogen) atoms. The maximum absolute atomic E-state index is 13.4. The Kier molecular flexibility index (Phi) is 4.56. The summed E-state index contributed by atoms with van der Waals surface area (Å²) in [5.41, 5.74) is 5.33. The van der Waals surface area contributed by atoms with E-state index < -0.39 is 11.6 Å². The normalized spacial score (nSPS) is 23.3. The van der Waals surface area contributed by atoms with Crippen LogP contribution < -0.4 is 11.1 Å². The molecule has 1 aromatic heterocycles. The molecule has 1 aliphatic rings. The van der Waals surface area contributed by atoms with Gasteiger partial charge in [0.05, 0.1) is 0 Å². The number of rotatable bonds is 4. The highest BCUT2D eigenvalue weighted by Gasteiger charge is 2.18. The first kappa shape index (κ1) is 14.0. The number of aromatic nitrogens is 1. The van der Waals surface area contributed by atoms with Crippen molar-refractivity contribution in [2.75, 3.05) is 17.6 Å². The molecule has 0 atom stereocenters. The van der Waals surface area contributed by atoms with Gasteiger partial charge in [-0.2, -0.15) is 0 Å². The summed E-state index contributed by atoms with van der Waals surface area (Å²) in [5, 5.41) is 2.91. The van der Waals surface area contributed by atoms with Crippen LogP contribution in [0.15, 0.2) is 6.07 Å². The molecule has 106 valence electrons. The van der Waals surface area contributed by atoms with E-state index in [1.165, 1.54) is 25.7 Å². The van der Waals surface area contributed by atoms with Crippen molar-refractivity contribution in [2.24, 2.45) is 11.8 Å². The number of hydrogen-bond acceptors (Lipinski definition) is 3. The van der Waals surface area contributed by atoms with Crippen LogP contribution in [0.4, 0.5) is 20.4 Å². The van der Waals surface area contributed by atoms with Crippen molar-refractivity contribution in [1.29, 1.82) is 0 Å². The summed E-state index contributed by atoms with van der Waals surface area (Å²) in [7, 11) is 0. The molecular weight excluding hydrogens is 248 g/mol. The molecule has 1 saturated carbocycles. The molecule has 1 aromatic rings. The lowest BCUT2D eigenvalue weighted by molar-refractivity contribution is 0.282. The monoisotopic (exact) mass is 269 g/mol. The van der Waals surface area contributed by atoms with E-state index in [9.17, 15) is 8.78 Å².